The molecule has 0 aliphatic carbocycles. The number of aliphatic hydroxyl groups excluding tert-OH is 1. The molecule has 2 aromatic rings. The summed E-state index contributed by atoms with van der Waals surface area (Å²) in [5.74, 6) is 0.580. The van der Waals surface area contributed by atoms with Crippen LogP contribution in [0.3, 0.4) is 0 Å². The highest BCUT2D eigenvalue weighted by molar-refractivity contribution is 9.10. The Balaban J connectivity index is 2.78. The van der Waals surface area contributed by atoms with Gasteiger partial charge in [0.1, 0.15) is 18.0 Å². The maximum atomic E-state index is 8.90. The third kappa shape index (κ3) is 1.06. The Morgan fingerprint density at radius 2 is 2.08 bits per heavy atom. The largest absolute Gasteiger partial charge is 0.457 e. The molecule has 12 heavy (non-hydrogen) atoms. The van der Waals surface area contributed by atoms with Crippen LogP contribution in [0.1, 0.15) is 5.76 Å². The second-order valence-electron chi connectivity index (χ2n) is 2.49. The van der Waals surface area contributed by atoms with Crippen molar-refractivity contribution in [2.45, 2.75) is 6.61 Å². The second-order valence-corrected chi connectivity index (χ2v) is 3.29. The van der Waals surface area contributed by atoms with Gasteiger partial charge in [-0.3, -0.25) is 0 Å². The standard InChI is InChI=1S/C9H7BrO2/c10-9-6-3-1-2-4-7(6)12-8(9)5-11/h1-4,11H,5H2. The Morgan fingerprint density at radius 3 is 2.75 bits per heavy atom. The van der Waals surface area contributed by atoms with Gasteiger partial charge in [-0.1, -0.05) is 12.1 Å². The summed E-state index contributed by atoms with van der Waals surface area (Å²) in [5, 5.41) is 9.90. The molecule has 1 N–H and O–H groups in total. The summed E-state index contributed by atoms with van der Waals surface area (Å²) < 4.78 is 6.20. The Hall–Kier alpha value is -0.800. The molecule has 0 aliphatic rings. The third-order valence-corrected chi connectivity index (χ3v) is 2.61. The topological polar surface area (TPSA) is 33.4 Å². The van der Waals surface area contributed by atoms with E-state index in [-0.39, 0.29) is 6.61 Å². The molecule has 1 aromatic carbocycles. The van der Waals surface area contributed by atoms with Crippen LogP contribution in [0.25, 0.3) is 11.0 Å². The predicted octanol–water partition coefficient (Wildman–Crippen LogP) is 2.69. The van der Waals surface area contributed by atoms with E-state index in [4.69, 9.17) is 9.52 Å². The van der Waals surface area contributed by atoms with Crippen LogP contribution in [-0.2, 0) is 6.61 Å². The van der Waals surface area contributed by atoms with Gasteiger partial charge >= 0.3 is 0 Å². The molecule has 0 saturated heterocycles. The van der Waals surface area contributed by atoms with E-state index < -0.39 is 0 Å². The fraction of sp³-hybridized carbons (Fsp3) is 0.111. The summed E-state index contributed by atoms with van der Waals surface area (Å²) in [6.07, 6.45) is 0. The van der Waals surface area contributed by atoms with Crippen LogP contribution in [0.2, 0.25) is 0 Å². The third-order valence-electron chi connectivity index (χ3n) is 1.75. The average molecular weight is 227 g/mol. The predicted molar refractivity (Wildman–Crippen MR) is 49.8 cm³/mol. The summed E-state index contributed by atoms with van der Waals surface area (Å²) in [7, 11) is 0. The Labute approximate surface area is 77.9 Å². The quantitative estimate of drug-likeness (QED) is 0.812. The number of para-hydroxylation sites is 1. The molecule has 2 rings (SSSR count). The number of halogens is 1. The highest BCUT2D eigenvalue weighted by Crippen LogP contribution is 2.30. The van der Waals surface area contributed by atoms with Crippen molar-refractivity contribution in [3.63, 3.8) is 0 Å². The number of hydrogen-bond acceptors (Lipinski definition) is 2. The summed E-state index contributed by atoms with van der Waals surface area (Å²) in [6, 6.07) is 7.66. The van der Waals surface area contributed by atoms with Crippen LogP contribution < -0.4 is 0 Å². The number of rotatable bonds is 1. The lowest BCUT2D eigenvalue weighted by atomic mass is 10.2. The van der Waals surface area contributed by atoms with E-state index in [1.54, 1.807) is 0 Å². The molecule has 1 heterocycles. The summed E-state index contributed by atoms with van der Waals surface area (Å²) in [5.41, 5.74) is 0.799. The number of fused-ring (bicyclic) bond motifs is 1. The highest BCUT2D eigenvalue weighted by atomic mass is 79.9. The fourth-order valence-electron chi connectivity index (χ4n) is 1.17. The number of furan rings is 1. The van der Waals surface area contributed by atoms with E-state index in [9.17, 15) is 0 Å². The molecule has 0 radical (unpaired) electrons. The number of aliphatic hydroxyl groups is 1. The molecule has 2 nitrogen and oxygen atoms in total. The first-order valence-electron chi connectivity index (χ1n) is 3.59. The van der Waals surface area contributed by atoms with Gasteiger partial charge in [0.2, 0.25) is 0 Å². The van der Waals surface area contributed by atoms with Crippen LogP contribution in [0.15, 0.2) is 33.2 Å². The van der Waals surface area contributed by atoms with Crippen molar-refractivity contribution >= 4 is 26.9 Å². The smallest absolute Gasteiger partial charge is 0.144 e. The molecule has 0 unspecified atom stereocenters. The van der Waals surface area contributed by atoms with Crippen LogP contribution in [0.5, 0.6) is 0 Å². The maximum absolute atomic E-state index is 8.90. The van der Waals surface area contributed by atoms with Gasteiger partial charge in [0.15, 0.2) is 0 Å². The normalized spacial score (nSPS) is 10.8. The van der Waals surface area contributed by atoms with Crippen LogP contribution in [0.4, 0.5) is 0 Å². The zero-order valence-electron chi connectivity index (χ0n) is 6.25. The van der Waals surface area contributed by atoms with Gasteiger partial charge in [-0.05, 0) is 28.1 Å². The summed E-state index contributed by atoms with van der Waals surface area (Å²) in [6.45, 7) is -0.0741. The molecular weight excluding hydrogens is 220 g/mol. The maximum Gasteiger partial charge on any atom is 0.144 e. The molecule has 0 fully saturated rings. The lowest BCUT2D eigenvalue weighted by molar-refractivity contribution is 0.250. The van der Waals surface area contributed by atoms with Crippen LogP contribution in [-0.4, -0.2) is 5.11 Å². The van der Waals surface area contributed by atoms with Crippen molar-refractivity contribution < 1.29 is 9.52 Å². The van der Waals surface area contributed by atoms with Crippen molar-refractivity contribution in [1.29, 1.82) is 0 Å². The molecule has 0 atom stereocenters. The van der Waals surface area contributed by atoms with E-state index in [1.807, 2.05) is 24.3 Å². The van der Waals surface area contributed by atoms with Crippen molar-refractivity contribution in [3.8, 4) is 0 Å². The molecule has 0 spiro atoms. The van der Waals surface area contributed by atoms with Gasteiger partial charge in [0.25, 0.3) is 0 Å². The summed E-state index contributed by atoms with van der Waals surface area (Å²) in [4.78, 5) is 0. The Bertz CT molecular complexity index is 406. The minimum Gasteiger partial charge on any atom is -0.457 e. The molecule has 0 aliphatic heterocycles. The fourth-order valence-corrected chi connectivity index (χ4v) is 1.70. The molecule has 1 aromatic heterocycles. The molecule has 0 bridgehead atoms. The number of benzene rings is 1. The van der Waals surface area contributed by atoms with E-state index in [0.717, 1.165) is 15.4 Å². The lowest BCUT2D eigenvalue weighted by Crippen LogP contribution is -1.76. The highest BCUT2D eigenvalue weighted by Gasteiger charge is 2.08. The van der Waals surface area contributed by atoms with Gasteiger partial charge < -0.3 is 9.52 Å². The molecule has 62 valence electrons. The lowest BCUT2D eigenvalue weighted by Gasteiger charge is -1.86. The molecular formula is C9H7BrO2. The molecule has 3 heteroatoms. The SMILES string of the molecule is OCc1oc2ccccc2c1Br. The van der Waals surface area contributed by atoms with E-state index >= 15 is 0 Å². The molecule has 0 saturated carbocycles. The van der Waals surface area contributed by atoms with Gasteiger partial charge in [-0.25, -0.2) is 0 Å². The summed E-state index contributed by atoms with van der Waals surface area (Å²) >= 11 is 3.36. The number of hydrogen-bond donors (Lipinski definition) is 1. The van der Waals surface area contributed by atoms with Gasteiger partial charge in [0, 0.05) is 5.39 Å². The van der Waals surface area contributed by atoms with Crippen molar-refractivity contribution in [2.75, 3.05) is 0 Å². The Morgan fingerprint density at radius 1 is 1.33 bits per heavy atom. The van der Waals surface area contributed by atoms with E-state index in [2.05, 4.69) is 15.9 Å². The van der Waals surface area contributed by atoms with Crippen molar-refractivity contribution in [1.82, 2.24) is 0 Å². The first-order valence-corrected chi connectivity index (χ1v) is 4.39. The van der Waals surface area contributed by atoms with Crippen molar-refractivity contribution in [3.05, 3.63) is 34.5 Å². The first kappa shape index (κ1) is 7.83. The monoisotopic (exact) mass is 226 g/mol. The van der Waals surface area contributed by atoms with Crippen LogP contribution >= 0.6 is 15.9 Å². The Kier molecular flexibility index (Phi) is 1.90. The zero-order chi connectivity index (χ0) is 8.55. The minimum atomic E-state index is -0.0741. The average Bonchev–Trinajstić information content (AvgIpc) is 2.44. The first-order chi connectivity index (χ1) is 5.83. The van der Waals surface area contributed by atoms with Crippen LogP contribution in [0, 0.1) is 0 Å². The van der Waals surface area contributed by atoms with E-state index in [0.29, 0.717) is 5.76 Å². The van der Waals surface area contributed by atoms with Crippen molar-refractivity contribution in [2.24, 2.45) is 0 Å². The van der Waals surface area contributed by atoms with E-state index in [1.165, 1.54) is 0 Å². The zero-order valence-corrected chi connectivity index (χ0v) is 7.84. The van der Waals surface area contributed by atoms with Gasteiger partial charge in [0.05, 0.1) is 4.47 Å². The second kappa shape index (κ2) is 2.92. The van der Waals surface area contributed by atoms with Gasteiger partial charge in [-0.15, -0.1) is 0 Å². The molecule has 0 amide bonds. The minimum absolute atomic E-state index is 0.0741. The van der Waals surface area contributed by atoms with Gasteiger partial charge in [-0.2, -0.15) is 0 Å².